The van der Waals surface area contributed by atoms with Crippen LogP contribution in [0.2, 0.25) is 0 Å². The largest absolute Gasteiger partial charge is 0.494 e. The maximum atomic E-state index is 6.20. The van der Waals surface area contributed by atoms with Crippen LogP contribution in [0.25, 0.3) is 0 Å². The Balaban J connectivity index is 2.08. The monoisotopic (exact) mass is 240 g/mol. The molecule has 2 heteroatoms. The summed E-state index contributed by atoms with van der Waals surface area (Å²) in [6.45, 7) is 5.16. The number of para-hydroxylation sites is 1. The van der Waals surface area contributed by atoms with Gasteiger partial charge in [0.15, 0.2) is 0 Å². The summed E-state index contributed by atoms with van der Waals surface area (Å²) in [6, 6.07) is 9.92. The van der Waals surface area contributed by atoms with Gasteiger partial charge in [-0.05, 0) is 37.3 Å². The van der Waals surface area contributed by atoms with E-state index in [1.165, 1.54) is 0 Å². The predicted molar refractivity (Wildman–Crippen MR) is 70.3 cm³/mol. The van der Waals surface area contributed by atoms with E-state index in [0.29, 0.717) is 11.3 Å². The summed E-state index contributed by atoms with van der Waals surface area (Å²) in [5, 5.41) is 0.291. The maximum Gasteiger partial charge on any atom is 0.119 e. The molecule has 0 N–H and O–H groups in total. The molecule has 0 saturated carbocycles. The first kappa shape index (κ1) is 13.4. The van der Waals surface area contributed by atoms with Crippen molar-refractivity contribution < 1.29 is 4.74 Å². The van der Waals surface area contributed by atoms with Crippen LogP contribution in [0.5, 0.6) is 5.75 Å². The molecule has 1 aromatic carbocycles. The minimum atomic E-state index is 0.291. The molecule has 16 heavy (non-hydrogen) atoms. The highest BCUT2D eigenvalue weighted by Crippen LogP contribution is 2.16. The third kappa shape index (κ3) is 6.02. The smallest absolute Gasteiger partial charge is 0.119 e. The number of hydrogen-bond donors (Lipinski definition) is 0. The van der Waals surface area contributed by atoms with E-state index in [1.807, 2.05) is 30.3 Å². The standard InChI is InChI=1S/C14H21ClO/c1-12(2)11-13(15)7-6-10-16-14-8-4-3-5-9-14/h3-5,8-9,12-13H,6-7,10-11H2,1-2H3. The average Bonchev–Trinajstić information content (AvgIpc) is 2.25. The molecule has 1 atom stereocenters. The molecule has 90 valence electrons. The normalized spacial score (nSPS) is 12.8. The molecule has 0 aliphatic heterocycles. The van der Waals surface area contributed by atoms with Gasteiger partial charge >= 0.3 is 0 Å². The first-order valence-corrected chi connectivity index (χ1v) is 6.44. The van der Waals surface area contributed by atoms with E-state index in [9.17, 15) is 0 Å². The highest BCUT2D eigenvalue weighted by Gasteiger charge is 2.06. The zero-order valence-corrected chi connectivity index (χ0v) is 10.9. The topological polar surface area (TPSA) is 9.23 Å². The van der Waals surface area contributed by atoms with Crippen molar-refractivity contribution in [3.05, 3.63) is 30.3 Å². The van der Waals surface area contributed by atoms with Crippen LogP contribution < -0.4 is 4.74 Å². The van der Waals surface area contributed by atoms with E-state index in [2.05, 4.69) is 13.8 Å². The van der Waals surface area contributed by atoms with Gasteiger partial charge in [0.1, 0.15) is 5.75 Å². The van der Waals surface area contributed by atoms with Gasteiger partial charge in [-0.2, -0.15) is 0 Å². The van der Waals surface area contributed by atoms with Gasteiger partial charge in [0.05, 0.1) is 6.61 Å². The summed E-state index contributed by atoms with van der Waals surface area (Å²) in [4.78, 5) is 0. The van der Waals surface area contributed by atoms with E-state index in [0.717, 1.165) is 31.6 Å². The number of rotatable bonds is 7. The van der Waals surface area contributed by atoms with Crippen molar-refractivity contribution in [2.24, 2.45) is 5.92 Å². The van der Waals surface area contributed by atoms with Crippen LogP contribution in [0, 0.1) is 5.92 Å². The minimum Gasteiger partial charge on any atom is -0.494 e. The number of alkyl halides is 1. The lowest BCUT2D eigenvalue weighted by molar-refractivity contribution is 0.304. The van der Waals surface area contributed by atoms with Gasteiger partial charge < -0.3 is 4.74 Å². The molecule has 0 heterocycles. The molecular formula is C14H21ClO. The van der Waals surface area contributed by atoms with Crippen molar-refractivity contribution in [1.82, 2.24) is 0 Å². The quantitative estimate of drug-likeness (QED) is 0.504. The second-order valence-corrected chi connectivity index (χ2v) is 5.15. The van der Waals surface area contributed by atoms with Gasteiger partial charge in [0.25, 0.3) is 0 Å². The highest BCUT2D eigenvalue weighted by atomic mass is 35.5. The van der Waals surface area contributed by atoms with Crippen LogP contribution in [-0.4, -0.2) is 12.0 Å². The molecule has 0 spiro atoms. The molecule has 0 amide bonds. The second-order valence-electron chi connectivity index (χ2n) is 4.53. The Morgan fingerprint density at radius 3 is 2.50 bits per heavy atom. The Morgan fingerprint density at radius 1 is 1.19 bits per heavy atom. The van der Waals surface area contributed by atoms with Crippen LogP contribution in [0.3, 0.4) is 0 Å². The van der Waals surface area contributed by atoms with Gasteiger partial charge in [-0.3, -0.25) is 0 Å². The SMILES string of the molecule is CC(C)CC(Cl)CCCOc1ccccc1. The number of hydrogen-bond acceptors (Lipinski definition) is 1. The molecule has 0 radical (unpaired) electrons. The van der Waals surface area contributed by atoms with Gasteiger partial charge in [-0.25, -0.2) is 0 Å². The van der Waals surface area contributed by atoms with Crippen molar-refractivity contribution in [3.63, 3.8) is 0 Å². The molecule has 0 bridgehead atoms. The second kappa shape index (κ2) is 7.56. The highest BCUT2D eigenvalue weighted by molar-refractivity contribution is 6.20. The van der Waals surface area contributed by atoms with Crippen molar-refractivity contribution in [2.75, 3.05) is 6.61 Å². The molecule has 0 aromatic heterocycles. The fraction of sp³-hybridized carbons (Fsp3) is 0.571. The molecule has 0 fully saturated rings. The van der Waals surface area contributed by atoms with Crippen molar-refractivity contribution >= 4 is 11.6 Å². The van der Waals surface area contributed by atoms with Gasteiger partial charge in [0, 0.05) is 5.38 Å². The number of benzene rings is 1. The van der Waals surface area contributed by atoms with Gasteiger partial charge in [-0.1, -0.05) is 32.0 Å². The lowest BCUT2D eigenvalue weighted by Crippen LogP contribution is -2.06. The Kier molecular flexibility index (Phi) is 6.32. The van der Waals surface area contributed by atoms with E-state index >= 15 is 0 Å². The number of halogens is 1. The lowest BCUT2D eigenvalue weighted by Gasteiger charge is -2.12. The first-order chi connectivity index (χ1) is 7.68. The van der Waals surface area contributed by atoms with E-state index in [-0.39, 0.29) is 0 Å². The molecule has 1 aromatic rings. The molecule has 0 aliphatic carbocycles. The van der Waals surface area contributed by atoms with Crippen LogP contribution in [-0.2, 0) is 0 Å². The first-order valence-electron chi connectivity index (χ1n) is 6.00. The van der Waals surface area contributed by atoms with E-state index < -0.39 is 0 Å². The Morgan fingerprint density at radius 2 is 1.88 bits per heavy atom. The van der Waals surface area contributed by atoms with Gasteiger partial charge in [0.2, 0.25) is 0 Å². The zero-order chi connectivity index (χ0) is 11.8. The molecule has 1 unspecified atom stereocenters. The van der Waals surface area contributed by atoms with Crippen molar-refractivity contribution in [3.8, 4) is 5.75 Å². The third-order valence-corrected chi connectivity index (χ3v) is 2.80. The predicted octanol–water partition coefficient (Wildman–Crippen LogP) is 4.50. The average molecular weight is 241 g/mol. The summed E-state index contributed by atoms with van der Waals surface area (Å²) < 4.78 is 5.60. The Labute approximate surface area is 104 Å². The van der Waals surface area contributed by atoms with Crippen molar-refractivity contribution in [2.45, 2.75) is 38.5 Å². The van der Waals surface area contributed by atoms with Gasteiger partial charge in [-0.15, -0.1) is 11.6 Å². The fourth-order valence-electron chi connectivity index (χ4n) is 1.64. The van der Waals surface area contributed by atoms with E-state index in [4.69, 9.17) is 16.3 Å². The summed E-state index contributed by atoms with van der Waals surface area (Å²) >= 11 is 6.20. The zero-order valence-electron chi connectivity index (χ0n) is 10.2. The Bertz CT molecular complexity index is 271. The molecule has 0 aliphatic rings. The molecule has 1 rings (SSSR count). The fourth-order valence-corrected chi connectivity index (χ4v) is 2.15. The maximum absolute atomic E-state index is 6.20. The third-order valence-electron chi connectivity index (χ3n) is 2.40. The number of ether oxygens (including phenoxy) is 1. The van der Waals surface area contributed by atoms with Crippen molar-refractivity contribution in [1.29, 1.82) is 0 Å². The lowest BCUT2D eigenvalue weighted by atomic mass is 10.1. The van der Waals surface area contributed by atoms with E-state index in [1.54, 1.807) is 0 Å². The van der Waals surface area contributed by atoms with Crippen LogP contribution in [0.1, 0.15) is 33.1 Å². The summed E-state index contributed by atoms with van der Waals surface area (Å²) in [5.74, 6) is 1.62. The van der Waals surface area contributed by atoms with Crippen LogP contribution >= 0.6 is 11.6 Å². The summed E-state index contributed by atoms with van der Waals surface area (Å²) in [5.41, 5.74) is 0. The molecule has 0 saturated heterocycles. The summed E-state index contributed by atoms with van der Waals surface area (Å²) in [7, 11) is 0. The summed E-state index contributed by atoms with van der Waals surface area (Å²) in [6.07, 6.45) is 3.15. The minimum absolute atomic E-state index is 0.291. The van der Waals surface area contributed by atoms with Crippen LogP contribution in [0.15, 0.2) is 30.3 Å². The van der Waals surface area contributed by atoms with Crippen LogP contribution in [0.4, 0.5) is 0 Å². The molecule has 1 nitrogen and oxygen atoms in total. The Hall–Kier alpha value is -0.690. The molecular weight excluding hydrogens is 220 g/mol.